The molecule has 0 rings (SSSR count). The van der Waals surface area contributed by atoms with Crippen LogP contribution in [0, 0.1) is 10.8 Å². The van der Waals surface area contributed by atoms with E-state index in [1.54, 1.807) is 0 Å². The molecule has 2 nitrogen and oxygen atoms in total. The van der Waals surface area contributed by atoms with E-state index in [0.717, 1.165) is 24.2 Å². The zero-order chi connectivity index (χ0) is 11.6. The predicted molar refractivity (Wildman–Crippen MR) is 63.5 cm³/mol. The Morgan fingerprint density at radius 2 is 1.00 bits per heavy atom. The average molecular weight is 198 g/mol. The lowest BCUT2D eigenvalue weighted by Gasteiger charge is -2.32. The Hall–Kier alpha value is -0.660. The van der Waals surface area contributed by atoms with Crippen molar-refractivity contribution >= 4 is 0 Å². The molecule has 0 unspecified atom stereocenters. The third-order valence-electron chi connectivity index (χ3n) is 3.52. The summed E-state index contributed by atoms with van der Waals surface area (Å²) in [6.07, 6.45) is 2.03. The third kappa shape index (κ3) is 2.66. The minimum atomic E-state index is 0.0104. The van der Waals surface area contributed by atoms with E-state index in [4.69, 9.17) is 11.5 Å². The molecule has 4 N–H and O–H groups in total. The van der Waals surface area contributed by atoms with Crippen molar-refractivity contribution in [3.05, 3.63) is 11.4 Å². The van der Waals surface area contributed by atoms with E-state index in [9.17, 15) is 0 Å². The first-order valence-electron chi connectivity index (χ1n) is 5.45. The van der Waals surface area contributed by atoms with Gasteiger partial charge in [-0.15, -0.1) is 0 Å². The van der Waals surface area contributed by atoms with Gasteiger partial charge in [-0.2, -0.15) is 0 Å². The number of hydrogen-bond acceptors (Lipinski definition) is 2. The summed E-state index contributed by atoms with van der Waals surface area (Å²) < 4.78 is 0. The molecule has 84 valence electrons. The fourth-order valence-electron chi connectivity index (χ4n) is 1.11. The van der Waals surface area contributed by atoms with Gasteiger partial charge in [0.2, 0.25) is 0 Å². The molecule has 0 aromatic rings. The van der Waals surface area contributed by atoms with Crippen molar-refractivity contribution < 1.29 is 0 Å². The van der Waals surface area contributed by atoms with E-state index in [1.807, 2.05) is 0 Å². The van der Waals surface area contributed by atoms with E-state index < -0.39 is 0 Å². The van der Waals surface area contributed by atoms with Gasteiger partial charge in [-0.25, -0.2) is 0 Å². The summed E-state index contributed by atoms with van der Waals surface area (Å²) in [4.78, 5) is 0. The maximum absolute atomic E-state index is 6.12. The standard InChI is InChI=1S/C12H26N2/c1-7-11(3,4)9(13)10(14)12(5,6)8-2/h7-8,13-14H2,1-6H3. The minimum absolute atomic E-state index is 0.0104. The van der Waals surface area contributed by atoms with E-state index in [1.165, 1.54) is 0 Å². The monoisotopic (exact) mass is 198 g/mol. The molecule has 0 aromatic carbocycles. The van der Waals surface area contributed by atoms with Crippen LogP contribution >= 0.6 is 0 Å². The molecule has 0 aliphatic carbocycles. The van der Waals surface area contributed by atoms with Gasteiger partial charge in [-0.3, -0.25) is 0 Å². The average Bonchev–Trinajstić information content (AvgIpc) is 2.15. The maximum atomic E-state index is 6.12. The second kappa shape index (κ2) is 4.24. The summed E-state index contributed by atoms with van der Waals surface area (Å²) in [5, 5.41) is 0. The van der Waals surface area contributed by atoms with E-state index >= 15 is 0 Å². The quantitative estimate of drug-likeness (QED) is 0.729. The fraction of sp³-hybridized carbons (Fsp3) is 0.833. The molecular weight excluding hydrogens is 172 g/mol. The SMILES string of the molecule is CCC(C)(C)C(N)=C(N)C(C)(C)CC. The van der Waals surface area contributed by atoms with Gasteiger partial charge in [-0.1, -0.05) is 41.5 Å². The van der Waals surface area contributed by atoms with Crippen molar-refractivity contribution in [3.8, 4) is 0 Å². The van der Waals surface area contributed by atoms with Gasteiger partial charge in [0.05, 0.1) is 0 Å². The highest BCUT2D eigenvalue weighted by atomic mass is 14.7. The molecular formula is C12H26N2. The van der Waals surface area contributed by atoms with Crippen molar-refractivity contribution in [3.63, 3.8) is 0 Å². The lowest BCUT2D eigenvalue weighted by Crippen LogP contribution is -2.31. The summed E-state index contributed by atoms with van der Waals surface area (Å²) in [7, 11) is 0. The van der Waals surface area contributed by atoms with Gasteiger partial charge in [0, 0.05) is 22.2 Å². The van der Waals surface area contributed by atoms with Crippen LogP contribution in [0.3, 0.4) is 0 Å². The molecule has 0 heterocycles. The lowest BCUT2D eigenvalue weighted by atomic mass is 9.78. The third-order valence-corrected chi connectivity index (χ3v) is 3.52. The van der Waals surface area contributed by atoms with Gasteiger partial charge in [0.25, 0.3) is 0 Å². The van der Waals surface area contributed by atoms with Crippen molar-refractivity contribution in [1.82, 2.24) is 0 Å². The van der Waals surface area contributed by atoms with Gasteiger partial charge in [-0.05, 0) is 12.8 Å². The van der Waals surface area contributed by atoms with Gasteiger partial charge in [0.1, 0.15) is 0 Å². The molecule has 0 fully saturated rings. The number of allylic oxidation sites excluding steroid dienone is 2. The molecule has 2 heteroatoms. The predicted octanol–water partition coefficient (Wildman–Crippen LogP) is 2.99. The molecule has 0 aliphatic rings. The Morgan fingerprint density at radius 1 is 0.786 bits per heavy atom. The van der Waals surface area contributed by atoms with E-state index in [0.29, 0.717) is 0 Å². The zero-order valence-electron chi connectivity index (χ0n) is 10.6. The highest BCUT2D eigenvalue weighted by Gasteiger charge is 2.27. The molecule has 0 amide bonds. The highest BCUT2D eigenvalue weighted by Crippen LogP contribution is 2.35. The Bertz CT molecular complexity index is 200. The van der Waals surface area contributed by atoms with Crippen molar-refractivity contribution in [2.24, 2.45) is 22.3 Å². The summed E-state index contributed by atoms with van der Waals surface area (Å²) in [5.41, 5.74) is 14.0. The molecule has 0 aromatic heterocycles. The first kappa shape index (κ1) is 13.3. The topological polar surface area (TPSA) is 52.0 Å². The number of nitrogens with two attached hydrogens (primary N) is 2. The summed E-state index contributed by atoms with van der Waals surface area (Å²) in [6.45, 7) is 12.8. The van der Waals surface area contributed by atoms with Crippen LogP contribution in [0.15, 0.2) is 11.4 Å². The van der Waals surface area contributed by atoms with Crippen molar-refractivity contribution in [2.75, 3.05) is 0 Å². The molecule has 0 atom stereocenters. The Kier molecular flexibility index (Phi) is 4.04. The Balaban J connectivity index is 5.12. The normalized spacial score (nSPS) is 15.3. The van der Waals surface area contributed by atoms with Crippen LogP contribution in [-0.4, -0.2) is 0 Å². The van der Waals surface area contributed by atoms with E-state index in [-0.39, 0.29) is 10.8 Å². The lowest BCUT2D eigenvalue weighted by molar-refractivity contribution is 0.371. The summed E-state index contributed by atoms with van der Waals surface area (Å²) in [5.74, 6) is 0. The van der Waals surface area contributed by atoms with Crippen molar-refractivity contribution in [2.45, 2.75) is 54.4 Å². The van der Waals surface area contributed by atoms with Gasteiger partial charge < -0.3 is 11.5 Å². The molecule has 0 radical (unpaired) electrons. The first-order valence-corrected chi connectivity index (χ1v) is 5.45. The Morgan fingerprint density at radius 3 is 1.14 bits per heavy atom. The molecule has 0 saturated carbocycles. The van der Waals surface area contributed by atoms with Gasteiger partial charge in [0.15, 0.2) is 0 Å². The minimum Gasteiger partial charge on any atom is -0.400 e. The van der Waals surface area contributed by atoms with Crippen LogP contribution in [0.5, 0.6) is 0 Å². The largest absolute Gasteiger partial charge is 0.400 e. The van der Waals surface area contributed by atoms with Crippen molar-refractivity contribution in [1.29, 1.82) is 0 Å². The van der Waals surface area contributed by atoms with Crippen LogP contribution in [0.25, 0.3) is 0 Å². The molecule has 0 saturated heterocycles. The van der Waals surface area contributed by atoms with Crippen LogP contribution in [0.4, 0.5) is 0 Å². The molecule has 0 aliphatic heterocycles. The summed E-state index contributed by atoms with van der Waals surface area (Å²) in [6, 6.07) is 0. The molecule has 0 bridgehead atoms. The smallest absolute Gasteiger partial charge is 0.0334 e. The van der Waals surface area contributed by atoms with Crippen LogP contribution in [-0.2, 0) is 0 Å². The highest BCUT2D eigenvalue weighted by molar-refractivity contribution is 5.20. The Labute approximate surface area is 88.7 Å². The van der Waals surface area contributed by atoms with Gasteiger partial charge >= 0.3 is 0 Å². The second-order valence-corrected chi connectivity index (χ2v) is 5.30. The maximum Gasteiger partial charge on any atom is 0.0334 e. The number of hydrogen-bond donors (Lipinski definition) is 2. The zero-order valence-corrected chi connectivity index (χ0v) is 10.6. The van der Waals surface area contributed by atoms with E-state index in [2.05, 4.69) is 41.5 Å². The summed E-state index contributed by atoms with van der Waals surface area (Å²) >= 11 is 0. The number of rotatable bonds is 4. The van der Waals surface area contributed by atoms with Crippen LogP contribution < -0.4 is 11.5 Å². The fourth-order valence-corrected chi connectivity index (χ4v) is 1.11. The second-order valence-electron chi connectivity index (χ2n) is 5.30. The van der Waals surface area contributed by atoms with Crippen LogP contribution in [0.2, 0.25) is 0 Å². The van der Waals surface area contributed by atoms with Crippen LogP contribution in [0.1, 0.15) is 54.4 Å². The molecule has 0 spiro atoms. The first-order chi connectivity index (χ1) is 6.19. The molecule has 14 heavy (non-hydrogen) atoms.